The minimum Gasteiger partial charge on any atom is -0.452 e. The van der Waals surface area contributed by atoms with Crippen LogP contribution < -0.4 is 5.32 Å². The Kier molecular flexibility index (Phi) is 5.61. The zero-order valence-corrected chi connectivity index (χ0v) is 13.4. The maximum Gasteiger partial charge on any atom is 0.340 e. The number of benzene rings is 1. The summed E-state index contributed by atoms with van der Waals surface area (Å²) in [5.41, 5.74) is -0.407. The number of amides is 2. The monoisotopic (exact) mass is 368 g/mol. The van der Waals surface area contributed by atoms with Gasteiger partial charge in [0.2, 0.25) is 0 Å². The number of carbonyl (C=O) groups is 3. The fraction of sp³-hybridized carbons (Fsp3) is 0.0714. The number of nitrogens with zero attached hydrogens (tertiary/aromatic N) is 1. The molecule has 124 valence electrons. The molecule has 1 N–H and O–H groups in total. The second-order valence-corrected chi connectivity index (χ2v) is 5.71. The summed E-state index contributed by atoms with van der Waals surface area (Å²) in [5, 5.41) is 14.2. The highest BCUT2D eigenvalue weighted by molar-refractivity contribution is 7.12. The van der Waals surface area contributed by atoms with Crippen molar-refractivity contribution in [2.24, 2.45) is 0 Å². The minimum atomic E-state index is -0.936. The van der Waals surface area contributed by atoms with E-state index in [-0.39, 0.29) is 16.3 Å². The first-order valence-electron chi connectivity index (χ1n) is 6.37. The maximum absolute atomic E-state index is 11.8. The second-order valence-electron chi connectivity index (χ2n) is 4.35. The molecule has 0 aliphatic rings. The van der Waals surface area contributed by atoms with Crippen LogP contribution in [0.3, 0.4) is 0 Å². The highest BCUT2D eigenvalue weighted by Gasteiger charge is 2.18. The molecule has 1 aromatic carbocycles. The van der Waals surface area contributed by atoms with Crippen molar-refractivity contribution < 1.29 is 24.0 Å². The fourth-order valence-corrected chi connectivity index (χ4v) is 2.49. The van der Waals surface area contributed by atoms with Gasteiger partial charge in [-0.1, -0.05) is 17.7 Å². The number of carbonyl (C=O) groups excluding carboxylic acids is 3. The van der Waals surface area contributed by atoms with E-state index in [2.05, 4.69) is 5.32 Å². The zero-order valence-electron chi connectivity index (χ0n) is 11.9. The molecule has 0 bridgehead atoms. The summed E-state index contributed by atoms with van der Waals surface area (Å²) in [7, 11) is 0. The number of halogens is 1. The molecule has 2 aromatic rings. The first-order valence-corrected chi connectivity index (χ1v) is 7.63. The molecule has 0 saturated carbocycles. The van der Waals surface area contributed by atoms with Gasteiger partial charge in [-0.25, -0.2) is 4.79 Å². The summed E-state index contributed by atoms with van der Waals surface area (Å²) in [6.45, 7) is -0.691. The molecule has 10 heteroatoms. The van der Waals surface area contributed by atoms with Crippen LogP contribution in [0.25, 0.3) is 0 Å². The van der Waals surface area contributed by atoms with E-state index in [9.17, 15) is 24.5 Å². The van der Waals surface area contributed by atoms with Crippen molar-refractivity contribution in [3.8, 4) is 0 Å². The molecule has 1 aromatic heterocycles. The number of non-ortho nitro benzene ring substituents is 1. The van der Waals surface area contributed by atoms with Crippen molar-refractivity contribution in [2.45, 2.75) is 0 Å². The van der Waals surface area contributed by atoms with Crippen LogP contribution in [-0.4, -0.2) is 29.3 Å². The van der Waals surface area contributed by atoms with Crippen LogP contribution in [0.1, 0.15) is 20.0 Å². The van der Waals surface area contributed by atoms with Crippen LogP contribution in [0, 0.1) is 10.1 Å². The molecule has 0 fully saturated rings. The molecule has 0 saturated heterocycles. The number of nitrogens with one attached hydrogen (secondary N) is 1. The molecule has 0 radical (unpaired) electrons. The number of thiophene rings is 1. The highest BCUT2D eigenvalue weighted by Crippen LogP contribution is 2.23. The summed E-state index contributed by atoms with van der Waals surface area (Å²) in [6.07, 6.45) is 0. The third-order valence-electron chi connectivity index (χ3n) is 2.72. The van der Waals surface area contributed by atoms with Gasteiger partial charge < -0.3 is 4.74 Å². The van der Waals surface area contributed by atoms with Gasteiger partial charge >= 0.3 is 5.97 Å². The van der Waals surface area contributed by atoms with Gasteiger partial charge in [0.25, 0.3) is 17.5 Å². The SMILES string of the molecule is O=C(COC(=O)c1ccc([N+](=O)[O-])cc1Cl)NC(=O)c1cccs1. The smallest absolute Gasteiger partial charge is 0.340 e. The maximum atomic E-state index is 11.8. The molecule has 2 amide bonds. The average Bonchev–Trinajstić information content (AvgIpc) is 3.07. The molecule has 0 aliphatic carbocycles. The molecule has 24 heavy (non-hydrogen) atoms. The van der Waals surface area contributed by atoms with E-state index >= 15 is 0 Å². The number of nitro benzene ring substituents is 1. The lowest BCUT2D eigenvalue weighted by Crippen LogP contribution is -2.33. The molecule has 0 atom stereocenters. The van der Waals surface area contributed by atoms with E-state index in [0.29, 0.717) is 4.88 Å². The van der Waals surface area contributed by atoms with E-state index in [1.807, 2.05) is 0 Å². The van der Waals surface area contributed by atoms with E-state index in [0.717, 1.165) is 29.5 Å². The van der Waals surface area contributed by atoms with Crippen LogP contribution in [0.15, 0.2) is 35.7 Å². The van der Waals surface area contributed by atoms with Crippen LogP contribution in [0.2, 0.25) is 5.02 Å². The molecule has 8 nitrogen and oxygen atoms in total. The van der Waals surface area contributed by atoms with Crippen LogP contribution in [0.5, 0.6) is 0 Å². The lowest BCUT2D eigenvalue weighted by molar-refractivity contribution is -0.384. The Morgan fingerprint density at radius 1 is 1.29 bits per heavy atom. The number of imide groups is 1. The minimum absolute atomic E-state index is 0.125. The van der Waals surface area contributed by atoms with Crippen LogP contribution in [0.4, 0.5) is 5.69 Å². The van der Waals surface area contributed by atoms with E-state index in [4.69, 9.17) is 16.3 Å². The summed E-state index contributed by atoms with van der Waals surface area (Å²) in [5.74, 6) is -2.34. The van der Waals surface area contributed by atoms with Crippen LogP contribution >= 0.6 is 22.9 Å². The summed E-state index contributed by atoms with van der Waals surface area (Å²) < 4.78 is 4.74. The lowest BCUT2D eigenvalue weighted by atomic mass is 10.2. The van der Waals surface area contributed by atoms with Gasteiger partial charge in [-0.2, -0.15) is 0 Å². The normalized spacial score (nSPS) is 10.0. The predicted octanol–water partition coefficient (Wildman–Crippen LogP) is 2.42. The van der Waals surface area contributed by atoms with Crippen molar-refractivity contribution >= 4 is 46.4 Å². The molecule has 0 spiro atoms. The Hall–Kier alpha value is -2.78. The number of hydrogen-bond donors (Lipinski definition) is 1. The molecule has 2 rings (SSSR count). The van der Waals surface area contributed by atoms with Gasteiger partial charge in [0.05, 0.1) is 20.4 Å². The summed E-state index contributed by atoms with van der Waals surface area (Å²) in [4.78, 5) is 45.3. The number of esters is 1. The van der Waals surface area contributed by atoms with Crippen molar-refractivity contribution in [3.05, 3.63) is 61.3 Å². The van der Waals surface area contributed by atoms with E-state index in [1.54, 1.807) is 11.4 Å². The van der Waals surface area contributed by atoms with Gasteiger partial charge in [0, 0.05) is 12.1 Å². The Morgan fingerprint density at radius 3 is 2.62 bits per heavy atom. The number of hydrogen-bond acceptors (Lipinski definition) is 7. The largest absolute Gasteiger partial charge is 0.452 e. The van der Waals surface area contributed by atoms with Gasteiger partial charge in [0.1, 0.15) is 0 Å². The van der Waals surface area contributed by atoms with Gasteiger partial charge in [-0.3, -0.25) is 25.0 Å². The van der Waals surface area contributed by atoms with Gasteiger partial charge in [0.15, 0.2) is 6.61 Å². The molecule has 1 heterocycles. The molecular weight excluding hydrogens is 360 g/mol. The van der Waals surface area contributed by atoms with Crippen LogP contribution in [-0.2, 0) is 9.53 Å². The summed E-state index contributed by atoms with van der Waals surface area (Å²) >= 11 is 6.93. The Balaban J connectivity index is 1.92. The second kappa shape index (κ2) is 7.66. The standard InChI is InChI=1S/C14H9ClN2O6S/c15-10-6-8(17(21)22)3-4-9(10)14(20)23-7-12(18)16-13(19)11-2-1-5-24-11/h1-6H,7H2,(H,16,18,19). The van der Waals surface area contributed by atoms with E-state index in [1.165, 1.54) is 6.07 Å². The Bertz CT molecular complexity index is 806. The third-order valence-corrected chi connectivity index (χ3v) is 3.90. The molecule has 0 aliphatic heterocycles. The van der Waals surface area contributed by atoms with Crippen molar-refractivity contribution in [2.75, 3.05) is 6.61 Å². The zero-order chi connectivity index (χ0) is 17.7. The molecular formula is C14H9ClN2O6S. The summed E-state index contributed by atoms with van der Waals surface area (Å²) in [6, 6.07) is 6.40. The van der Waals surface area contributed by atoms with Crippen molar-refractivity contribution in [3.63, 3.8) is 0 Å². The lowest BCUT2D eigenvalue weighted by Gasteiger charge is -2.06. The third kappa shape index (κ3) is 4.37. The van der Waals surface area contributed by atoms with Crippen molar-refractivity contribution in [1.82, 2.24) is 5.32 Å². The highest BCUT2D eigenvalue weighted by atomic mass is 35.5. The molecule has 0 unspecified atom stereocenters. The number of nitro groups is 1. The van der Waals surface area contributed by atoms with Gasteiger partial charge in [-0.05, 0) is 17.5 Å². The Morgan fingerprint density at radius 2 is 2.04 bits per heavy atom. The fourth-order valence-electron chi connectivity index (χ4n) is 1.62. The van der Waals surface area contributed by atoms with E-state index < -0.39 is 29.3 Å². The Labute approximate surface area is 144 Å². The number of rotatable bonds is 5. The topological polar surface area (TPSA) is 116 Å². The number of ether oxygens (including phenoxy) is 1. The predicted molar refractivity (Wildman–Crippen MR) is 85.2 cm³/mol. The average molecular weight is 369 g/mol. The first-order chi connectivity index (χ1) is 11.4. The first kappa shape index (κ1) is 17.6. The van der Waals surface area contributed by atoms with Gasteiger partial charge in [-0.15, -0.1) is 11.3 Å². The van der Waals surface area contributed by atoms with Crippen molar-refractivity contribution in [1.29, 1.82) is 0 Å². The quantitative estimate of drug-likeness (QED) is 0.492.